The largest absolute Gasteiger partial charge is 0.633 e. The van der Waals surface area contributed by atoms with Gasteiger partial charge in [0.25, 0.3) is 0 Å². The number of nitrogens with zero attached hydrogens (tertiary/aromatic N) is 1. The monoisotopic (exact) mass is 426 g/mol. The van der Waals surface area contributed by atoms with Gasteiger partial charge in [0.1, 0.15) is 11.1 Å². The van der Waals surface area contributed by atoms with Gasteiger partial charge < -0.3 is 10.3 Å². The zero-order valence-corrected chi connectivity index (χ0v) is 21.2. The quantitative estimate of drug-likeness (QED) is 0.203. The van der Waals surface area contributed by atoms with Gasteiger partial charge in [-0.15, -0.1) is 0 Å². The second-order valence-corrected chi connectivity index (χ2v) is 11.0. The van der Waals surface area contributed by atoms with Crippen LogP contribution in [0.4, 0.5) is 0 Å². The molecule has 0 amide bonds. The molecule has 1 aliphatic rings. The predicted molar refractivity (Wildman–Crippen MR) is 130 cm³/mol. The molecule has 30 heavy (non-hydrogen) atoms. The highest BCUT2D eigenvalue weighted by Gasteiger charge is 2.44. The van der Waals surface area contributed by atoms with Crippen LogP contribution in [0.2, 0.25) is 0 Å². The minimum atomic E-state index is -0.309. The van der Waals surface area contributed by atoms with E-state index in [9.17, 15) is 5.21 Å². The zero-order valence-electron chi connectivity index (χ0n) is 21.2. The number of nitrogens with one attached hydrogen (secondary N) is 1. The van der Waals surface area contributed by atoms with Crippen LogP contribution in [0.15, 0.2) is 0 Å². The maximum atomic E-state index is 12.5. The molecule has 1 saturated heterocycles. The van der Waals surface area contributed by atoms with E-state index in [1.165, 1.54) is 96.3 Å². The van der Waals surface area contributed by atoms with Crippen molar-refractivity contribution < 1.29 is 9.90 Å². The number of unbranched alkanes of at least 4 members (excludes halogenated alkanes) is 15. The van der Waals surface area contributed by atoms with Crippen molar-refractivity contribution in [1.82, 2.24) is 5.06 Å². The molecule has 180 valence electrons. The minimum absolute atomic E-state index is 0.309. The lowest BCUT2D eigenvalue weighted by atomic mass is 9.92. The Morgan fingerprint density at radius 1 is 0.633 bits per heavy atom. The van der Waals surface area contributed by atoms with Gasteiger partial charge in [-0.25, -0.2) is 0 Å². The van der Waals surface area contributed by atoms with E-state index in [4.69, 9.17) is 4.84 Å². The van der Waals surface area contributed by atoms with E-state index >= 15 is 0 Å². The molecule has 0 aliphatic carbocycles. The first-order chi connectivity index (χ1) is 14.3. The molecule has 0 aromatic heterocycles. The van der Waals surface area contributed by atoms with Crippen LogP contribution in [-0.2, 0) is 4.84 Å². The van der Waals surface area contributed by atoms with Crippen LogP contribution in [0.5, 0.6) is 0 Å². The lowest BCUT2D eigenvalue weighted by molar-refractivity contribution is -0.956. The van der Waals surface area contributed by atoms with Crippen molar-refractivity contribution in [1.29, 1.82) is 0 Å². The summed E-state index contributed by atoms with van der Waals surface area (Å²) < 4.78 is 0. The third-order valence-corrected chi connectivity index (χ3v) is 6.64. The SMILES string of the molecule is CCCCCCCCCCCCCCCCCCON1CC(C)(C)[NH+]([O-])C(C)(C)C1. The van der Waals surface area contributed by atoms with Crippen molar-refractivity contribution in [2.45, 2.75) is 148 Å². The van der Waals surface area contributed by atoms with Gasteiger partial charge in [0.05, 0.1) is 19.7 Å². The zero-order chi connectivity index (χ0) is 22.3. The van der Waals surface area contributed by atoms with Gasteiger partial charge in [-0.2, -0.15) is 5.06 Å². The number of hydrogen-bond acceptors (Lipinski definition) is 3. The van der Waals surface area contributed by atoms with Gasteiger partial charge in [-0.3, -0.25) is 4.84 Å². The van der Waals surface area contributed by atoms with Gasteiger partial charge in [0.15, 0.2) is 0 Å². The molecule has 0 spiro atoms. The molecule has 0 aromatic carbocycles. The van der Waals surface area contributed by atoms with E-state index in [1.807, 2.05) is 32.8 Å². The summed E-state index contributed by atoms with van der Waals surface area (Å²) in [7, 11) is 0. The Hall–Kier alpha value is -0.160. The number of hydroxylamine groups is 4. The first-order valence-electron chi connectivity index (χ1n) is 13.2. The Labute approximate surface area is 188 Å². The Morgan fingerprint density at radius 2 is 0.967 bits per heavy atom. The molecule has 1 aliphatic heterocycles. The average molecular weight is 427 g/mol. The smallest absolute Gasteiger partial charge is 0.107 e. The lowest BCUT2D eigenvalue weighted by Crippen LogP contribution is -3.25. The Balaban J connectivity index is 1.86. The maximum absolute atomic E-state index is 12.5. The molecule has 1 fully saturated rings. The molecule has 0 atom stereocenters. The maximum Gasteiger partial charge on any atom is 0.107 e. The molecule has 4 heteroatoms. The first kappa shape index (κ1) is 27.9. The van der Waals surface area contributed by atoms with Crippen molar-refractivity contribution in [3.05, 3.63) is 5.21 Å². The summed E-state index contributed by atoms with van der Waals surface area (Å²) >= 11 is 0. The molecule has 1 N–H and O–H groups in total. The molecule has 0 aromatic rings. The average Bonchev–Trinajstić information content (AvgIpc) is 2.68. The summed E-state index contributed by atoms with van der Waals surface area (Å²) in [5, 5.41) is 14.9. The number of quaternary nitrogens is 1. The normalized spacial score (nSPS) is 19.4. The van der Waals surface area contributed by atoms with E-state index in [0.29, 0.717) is 18.2 Å². The number of piperazine rings is 1. The molecule has 0 saturated carbocycles. The molecule has 4 nitrogen and oxygen atoms in total. The second kappa shape index (κ2) is 15.6. The summed E-state index contributed by atoms with van der Waals surface area (Å²) in [4.78, 5) is 6.00. The minimum Gasteiger partial charge on any atom is -0.633 e. The van der Waals surface area contributed by atoms with Crippen molar-refractivity contribution in [2.24, 2.45) is 0 Å². The molecule has 1 rings (SSSR count). The van der Waals surface area contributed by atoms with Gasteiger partial charge in [-0.05, 0) is 34.1 Å². The number of hydrogen-bond donors (Lipinski definition) is 1. The highest BCUT2D eigenvalue weighted by atomic mass is 16.7. The van der Waals surface area contributed by atoms with E-state index in [2.05, 4.69) is 6.92 Å². The van der Waals surface area contributed by atoms with Gasteiger partial charge in [-0.1, -0.05) is 103 Å². The summed E-state index contributed by atoms with van der Waals surface area (Å²) in [6.07, 6.45) is 22.2. The van der Waals surface area contributed by atoms with Crippen molar-refractivity contribution in [3.63, 3.8) is 0 Å². The Morgan fingerprint density at radius 3 is 1.33 bits per heavy atom. The van der Waals surface area contributed by atoms with Crippen molar-refractivity contribution in [2.75, 3.05) is 19.7 Å². The third-order valence-electron chi connectivity index (χ3n) is 6.64. The molecule has 0 radical (unpaired) electrons. The van der Waals surface area contributed by atoms with E-state index in [1.54, 1.807) is 0 Å². The fourth-order valence-electron chi connectivity index (χ4n) is 4.93. The molecular weight excluding hydrogens is 372 g/mol. The number of rotatable bonds is 18. The van der Waals surface area contributed by atoms with Crippen molar-refractivity contribution >= 4 is 0 Å². The van der Waals surface area contributed by atoms with Crippen LogP contribution >= 0.6 is 0 Å². The Bertz CT molecular complexity index is 394. The van der Waals surface area contributed by atoms with Crippen LogP contribution in [0.3, 0.4) is 0 Å². The topological polar surface area (TPSA) is 40.0 Å². The fourth-order valence-corrected chi connectivity index (χ4v) is 4.93. The standard InChI is InChI=1S/C26H54N2O2/c1-6-7-8-9-10-11-12-13-14-15-16-17-18-19-20-21-22-30-27-23-25(2,3)28(29)26(4,5)24-27/h28H,6-24H2,1-5H3. The van der Waals surface area contributed by atoms with Crippen LogP contribution in [-0.4, -0.2) is 35.8 Å². The van der Waals surface area contributed by atoms with Crippen LogP contribution in [0, 0.1) is 5.21 Å². The summed E-state index contributed by atoms with van der Waals surface area (Å²) in [6.45, 7) is 12.7. The lowest BCUT2D eigenvalue weighted by Gasteiger charge is -2.54. The predicted octanol–water partition coefficient (Wildman–Crippen LogP) is 6.44. The van der Waals surface area contributed by atoms with Gasteiger partial charge in [0, 0.05) is 0 Å². The van der Waals surface area contributed by atoms with Crippen LogP contribution < -0.4 is 5.06 Å². The first-order valence-corrected chi connectivity index (χ1v) is 13.2. The summed E-state index contributed by atoms with van der Waals surface area (Å²) in [5.74, 6) is 0. The molecular formula is C26H54N2O2. The summed E-state index contributed by atoms with van der Waals surface area (Å²) in [6, 6.07) is 0. The molecule has 0 bridgehead atoms. The molecule has 0 unspecified atom stereocenters. The van der Waals surface area contributed by atoms with E-state index in [0.717, 1.165) is 13.0 Å². The second-order valence-electron chi connectivity index (χ2n) is 11.0. The van der Waals surface area contributed by atoms with Gasteiger partial charge >= 0.3 is 0 Å². The molecule has 1 heterocycles. The summed E-state index contributed by atoms with van der Waals surface area (Å²) in [5.41, 5.74) is -0.618. The van der Waals surface area contributed by atoms with Crippen molar-refractivity contribution in [3.8, 4) is 0 Å². The van der Waals surface area contributed by atoms with E-state index < -0.39 is 0 Å². The highest BCUT2D eigenvalue weighted by molar-refractivity contribution is 4.84. The van der Waals surface area contributed by atoms with Crippen LogP contribution in [0.1, 0.15) is 137 Å². The highest BCUT2D eigenvalue weighted by Crippen LogP contribution is 2.17. The Kier molecular flexibility index (Phi) is 14.5. The fraction of sp³-hybridized carbons (Fsp3) is 1.00. The van der Waals surface area contributed by atoms with E-state index in [-0.39, 0.29) is 11.1 Å². The van der Waals surface area contributed by atoms with Gasteiger partial charge in [0.2, 0.25) is 0 Å². The third kappa shape index (κ3) is 12.0. The van der Waals surface area contributed by atoms with Crippen LogP contribution in [0.25, 0.3) is 0 Å².